The number of nitrogens with zero attached hydrogens (tertiary/aromatic N) is 4. The Kier molecular flexibility index (Phi) is 30.2. The van der Waals surface area contributed by atoms with Gasteiger partial charge in [-0.3, -0.25) is 0 Å². The average molecular weight is 1710 g/mol. The fourth-order valence-corrected chi connectivity index (χ4v) is 26.0. The quantitative estimate of drug-likeness (QED) is 0.0280. The van der Waals surface area contributed by atoms with Crippen LogP contribution in [0, 0.1) is 51.2 Å². The second-order valence-corrected chi connectivity index (χ2v) is 39.2. The van der Waals surface area contributed by atoms with Gasteiger partial charge in [0.05, 0.1) is 0 Å². The van der Waals surface area contributed by atoms with E-state index >= 15 is 8.78 Å². The molecule has 0 saturated heterocycles. The van der Waals surface area contributed by atoms with Gasteiger partial charge in [-0.15, -0.1) is 0 Å². The van der Waals surface area contributed by atoms with Gasteiger partial charge < -0.3 is 0 Å². The molecule has 8 aromatic heterocycles. The molecule has 0 aliphatic heterocycles. The molecule has 8 heterocycles. The van der Waals surface area contributed by atoms with Gasteiger partial charge in [0, 0.05) is 0 Å². The number of aryl methyl sites for hydroxylation is 2. The molecule has 566 valence electrons. The summed E-state index contributed by atoms with van der Waals surface area (Å²) in [6.07, 6.45) is 36.2. The standard InChI is InChI=1S/C88H106Cl2F2N4O2S6Se2/c1-11-17-21-23-25-27-29-31-33-35-45-97-85-54(8)74(82-81(56(85)10)93-105-94-82)67-43-41-65(100-67)59-39-40-60(80(92)79(59)91)66-42-44-68(101-66)78-84-83(95-106-96-84)75(55(9)86(78)98-46-36-34-32-30-28-26-24-22-18-12-2)71-50-62-77(73-52-64(90)70(103-73)49-58(16-6)38-20-14-4)87-61(47-53(7)99-87)76(88(62)104-71)72-51-63(89)69(102-72)48-57(15-5)37-19-13-3/h39-44,47,50-52,57-58H,11-38,45-46,48-49H2,1-10H3. The van der Waals surface area contributed by atoms with Crippen molar-refractivity contribution >= 4 is 163 Å². The number of ether oxygens (including phenoxy) is 2. The predicted molar refractivity (Wildman–Crippen MR) is 464 cm³/mol. The number of unbranched alkanes of at least 4 members (excludes halogenated alkanes) is 20. The molecule has 2 unspecified atom stereocenters. The first-order valence-corrected chi connectivity index (χ1v) is 48.5. The van der Waals surface area contributed by atoms with Crippen LogP contribution in [0.1, 0.15) is 253 Å². The second kappa shape index (κ2) is 39.4. The van der Waals surface area contributed by atoms with Crippen LogP contribution >= 0.6 is 91.2 Å². The SMILES string of the molecule is CCCCCCCCCCCCOc1c(C)c(-c2ccc(-c3ccc(-c4ccc(-c5c(OCCCCCCCCCCCC)c(C)c(-c6cc7c(-c8cc(Cl)c(CC(CC)CCCC)s8)c8sc(C)cc8c(-c8cc(Cl)c(CC(CC)CCCC)s8)c7s6)c6n[se]nc56)s4)c(F)c3F)s2)c2n[se]nc2c1C. The maximum atomic E-state index is 17.2. The molecular formula is C88H106Cl2F2N4O2S6Se2. The van der Waals surface area contributed by atoms with Gasteiger partial charge >= 0.3 is 538 Å². The van der Waals surface area contributed by atoms with Crippen molar-refractivity contribution < 1.29 is 18.3 Å². The van der Waals surface area contributed by atoms with Crippen LogP contribution in [0.4, 0.5) is 8.78 Å². The third kappa shape index (κ3) is 18.6. The van der Waals surface area contributed by atoms with E-state index in [1.807, 2.05) is 69.6 Å². The molecule has 12 aromatic rings. The molecule has 2 atom stereocenters. The van der Waals surface area contributed by atoms with Crippen molar-refractivity contribution in [1.29, 1.82) is 0 Å². The van der Waals surface area contributed by atoms with Crippen molar-refractivity contribution in [2.45, 2.75) is 262 Å². The Morgan fingerprint density at radius 3 is 1.25 bits per heavy atom. The number of hydrogen-bond donors (Lipinski definition) is 0. The van der Waals surface area contributed by atoms with E-state index < -0.39 is 26.6 Å². The zero-order chi connectivity index (χ0) is 74.4. The molecule has 0 amide bonds. The summed E-state index contributed by atoms with van der Waals surface area (Å²) in [5.74, 6) is 1.04. The molecule has 6 nitrogen and oxygen atoms in total. The normalized spacial score (nSPS) is 12.6. The van der Waals surface area contributed by atoms with Crippen molar-refractivity contribution in [1.82, 2.24) is 15.9 Å². The van der Waals surface area contributed by atoms with E-state index in [2.05, 4.69) is 93.5 Å². The van der Waals surface area contributed by atoms with E-state index in [9.17, 15) is 0 Å². The molecule has 106 heavy (non-hydrogen) atoms. The molecule has 12 rings (SSSR count). The summed E-state index contributed by atoms with van der Waals surface area (Å²) >= 11 is 24.5. The van der Waals surface area contributed by atoms with Gasteiger partial charge in [-0.1, -0.05) is 144 Å². The zero-order valence-electron chi connectivity index (χ0n) is 63.9. The van der Waals surface area contributed by atoms with Crippen LogP contribution in [0.15, 0.2) is 60.7 Å². The predicted octanol–water partition coefficient (Wildman–Crippen LogP) is 31.0. The molecule has 18 heteroatoms. The number of thiophene rings is 6. The van der Waals surface area contributed by atoms with E-state index in [0.717, 1.165) is 143 Å². The van der Waals surface area contributed by atoms with Gasteiger partial charge in [0.25, 0.3) is 0 Å². The Bertz CT molecular complexity index is 4780. The second-order valence-electron chi connectivity index (χ2n) is 29.5. The molecule has 0 fully saturated rings. The third-order valence-corrected chi connectivity index (χ3v) is 31.7. The number of rotatable bonds is 43. The molecule has 0 saturated carbocycles. The van der Waals surface area contributed by atoms with Gasteiger partial charge in [-0.25, -0.2) is 0 Å². The number of benzene rings is 4. The van der Waals surface area contributed by atoms with Crippen molar-refractivity contribution in [3.8, 4) is 84.6 Å². The van der Waals surface area contributed by atoms with Gasteiger partial charge in [-0.2, -0.15) is 0 Å². The summed E-state index contributed by atoms with van der Waals surface area (Å²) in [5.41, 5.74) is 12.2. The Labute approximate surface area is 676 Å². The minimum atomic E-state index is -0.875. The van der Waals surface area contributed by atoms with E-state index in [1.165, 1.54) is 220 Å². The van der Waals surface area contributed by atoms with Crippen LogP contribution in [-0.2, 0) is 12.8 Å². The first-order chi connectivity index (χ1) is 51.7. The van der Waals surface area contributed by atoms with E-state index in [4.69, 9.17) is 48.6 Å². The van der Waals surface area contributed by atoms with E-state index in [0.29, 0.717) is 34.8 Å². The van der Waals surface area contributed by atoms with Crippen molar-refractivity contribution in [2.75, 3.05) is 13.2 Å². The van der Waals surface area contributed by atoms with Crippen LogP contribution in [0.25, 0.3) is 115 Å². The Morgan fingerprint density at radius 1 is 0.377 bits per heavy atom. The third-order valence-electron chi connectivity index (χ3n) is 21.7. The number of halogens is 4. The summed E-state index contributed by atoms with van der Waals surface area (Å²) in [5, 5.41) is 4.17. The number of fused-ring (bicyclic) bond motifs is 4. The van der Waals surface area contributed by atoms with Gasteiger partial charge in [-0.05, 0) is 0 Å². The van der Waals surface area contributed by atoms with Crippen LogP contribution in [0.2, 0.25) is 10.0 Å². The topological polar surface area (TPSA) is 70.0 Å². The summed E-state index contributed by atoms with van der Waals surface area (Å²) in [4.78, 5) is 10.4. The monoisotopic (exact) mass is 1710 g/mol. The molecule has 0 aliphatic rings. The average Bonchev–Trinajstić information content (AvgIpc) is 1.55. The number of aromatic nitrogens is 4. The Hall–Kier alpha value is -4.12. The molecule has 0 aliphatic carbocycles. The molecule has 4 aromatic carbocycles. The van der Waals surface area contributed by atoms with Crippen LogP contribution in [0.5, 0.6) is 11.5 Å². The fraction of sp³-hybridized carbons (Fsp3) is 0.500. The van der Waals surface area contributed by atoms with Crippen LogP contribution in [-0.4, -0.2) is 59.1 Å². The Balaban J connectivity index is 0.904. The maximum absolute atomic E-state index is 17.2. The molecule has 0 radical (unpaired) electrons. The Morgan fingerprint density at radius 2 is 0.764 bits per heavy atom. The summed E-state index contributed by atoms with van der Waals surface area (Å²) < 4.78 is 71.2. The molecular weight excluding hydrogens is 1600 g/mol. The molecule has 0 spiro atoms. The molecule has 0 N–H and O–H groups in total. The van der Waals surface area contributed by atoms with Crippen LogP contribution < -0.4 is 9.47 Å². The first kappa shape index (κ1) is 81.4. The van der Waals surface area contributed by atoms with Crippen LogP contribution in [0.3, 0.4) is 0 Å². The minimum absolute atomic E-state index is 0.214. The van der Waals surface area contributed by atoms with E-state index in [-0.39, 0.29) is 26.1 Å². The van der Waals surface area contributed by atoms with Gasteiger partial charge in [0.15, 0.2) is 0 Å². The van der Waals surface area contributed by atoms with Crippen molar-refractivity contribution in [3.63, 3.8) is 0 Å². The zero-order valence-corrected chi connectivity index (χ0v) is 73.8. The fourth-order valence-electron chi connectivity index (χ4n) is 15.6. The summed E-state index contributed by atoms with van der Waals surface area (Å²) in [6.45, 7) is 23.6. The summed E-state index contributed by atoms with van der Waals surface area (Å²) in [7, 11) is 0. The van der Waals surface area contributed by atoms with Gasteiger partial charge in [0.1, 0.15) is 0 Å². The summed E-state index contributed by atoms with van der Waals surface area (Å²) in [6, 6.07) is 20.7. The first-order valence-electron chi connectivity index (χ1n) is 39.8. The number of hydrogen-bond acceptors (Lipinski definition) is 12. The van der Waals surface area contributed by atoms with Crippen molar-refractivity contribution in [2.24, 2.45) is 11.8 Å². The van der Waals surface area contributed by atoms with Crippen molar-refractivity contribution in [3.05, 3.63) is 114 Å². The van der Waals surface area contributed by atoms with E-state index in [1.54, 1.807) is 12.1 Å². The van der Waals surface area contributed by atoms with Gasteiger partial charge in [0.2, 0.25) is 0 Å². The molecule has 0 bridgehead atoms.